The van der Waals surface area contributed by atoms with E-state index in [-0.39, 0.29) is 54.1 Å². The monoisotopic (exact) mass is 772 g/mol. The van der Waals surface area contributed by atoms with E-state index >= 15 is 0 Å². The highest BCUT2D eigenvalue weighted by atomic mass is 32.2. The van der Waals surface area contributed by atoms with Crippen molar-refractivity contribution in [3.8, 4) is 11.5 Å². The van der Waals surface area contributed by atoms with Gasteiger partial charge in [0.15, 0.2) is 6.61 Å². The summed E-state index contributed by atoms with van der Waals surface area (Å²) in [4.78, 5) is 36.3. The number of phenolic OH excluding ortho intramolecular Hbond substituents is 1. The Bertz CT molecular complexity index is 1410. The van der Waals surface area contributed by atoms with Gasteiger partial charge in [0.1, 0.15) is 11.5 Å². The van der Waals surface area contributed by atoms with Crippen molar-refractivity contribution < 1.29 is 38.4 Å². The Balaban J connectivity index is 1.02. The molecule has 0 saturated carbocycles. The molecule has 302 valence electrons. The quantitative estimate of drug-likeness (QED) is 0.0465. The number of hydrogen-bond donors (Lipinski definition) is 5. The van der Waals surface area contributed by atoms with Crippen LogP contribution >= 0.6 is 11.8 Å². The number of carbonyl (C=O) groups excluding carboxylic acids is 3. The van der Waals surface area contributed by atoms with E-state index in [0.717, 1.165) is 80.2 Å². The molecular formula is C41H64N4O8S. The SMILES string of the molecule is C=C(C)[C@@H]1CCC(C)=C[C@H]1c1c(O)cc(CCCCC)cc1OCC(=O)NCCOCCOCCOCCNC(=O)CCCCC1SCC2NC(=O)NC21. The van der Waals surface area contributed by atoms with Crippen LogP contribution in [0.5, 0.6) is 11.5 Å². The highest BCUT2D eigenvalue weighted by Crippen LogP contribution is 2.47. The summed E-state index contributed by atoms with van der Waals surface area (Å²) < 4.78 is 22.8. The van der Waals surface area contributed by atoms with Crippen LogP contribution in [0.3, 0.4) is 0 Å². The Hall–Kier alpha value is -3.26. The van der Waals surface area contributed by atoms with Crippen molar-refractivity contribution >= 4 is 29.6 Å². The number of unbranched alkanes of at least 4 members (excludes halogenated alkanes) is 3. The molecule has 0 bridgehead atoms. The lowest BCUT2D eigenvalue weighted by Crippen LogP contribution is -2.36. The van der Waals surface area contributed by atoms with Gasteiger partial charge in [-0.3, -0.25) is 9.59 Å². The first-order valence-corrected chi connectivity index (χ1v) is 21.0. The van der Waals surface area contributed by atoms with Crippen molar-refractivity contribution in [2.45, 2.75) is 108 Å². The Morgan fingerprint density at radius 1 is 0.963 bits per heavy atom. The summed E-state index contributed by atoms with van der Waals surface area (Å²) in [5.41, 5.74) is 4.09. The van der Waals surface area contributed by atoms with Crippen molar-refractivity contribution in [1.29, 1.82) is 0 Å². The average molecular weight is 773 g/mol. The second-order valence-corrected chi connectivity index (χ2v) is 16.0. The van der Waals surface area contributed by atoms with Crippen LogP contribution < -0.4 is 26.0 Å². The maximum atomic E-state index is 12.7. The number of carbonyl (C=O) groups is 3. The molecule has 2 heterocycles. The summed E-state index contributed by atoms with van der Waals surface area (Å²) in [5.74, 6) is 1.62. The predicted octanol–water partition coefficient (Wildman–Crippen LogP) is 5.53. The van der Waals surface area contributed by atoms with E-state index in [1.165, 1.54) is 5.57 Å². The molecule has 12 nitrogen and oxygen atoms in total. The molecule has 54 heavy (non-hydrogen) atoms. The molecule has 4 amide bonds. The molecule has 0 radical (unpaired) electrons. The van der Waals surface area contributed by atoms with Gasteiger partial charge in [0.05, 0.1) is 51.7 Å². The van der Waals surface area contributed by atoms with Crippen molar-refractivity contribution in [3.63, 3.8) is 0 Å². The largest absolute Gasteiger partial charge is 0.507 e. The van der Waals surface area contributed by atoms with Crippen LogP contribution in [0.1, 0.15) is 95.6 Å². The third-order valence-corrected chi connectivity index (χ3v) is 11.8. The zero-order valence-electron chi connectivity index (χ0n) is 32.7. The van der Waals surface area contributed by atoms with Gasteiger partial charge >= 0.3 is 6.03 Å². The third-order valence-electron chi connectivity index (χ3n) is 10.3. The molecule has 5 atom stereocenters. The molecular weight excluding hydrogens is 709 g/mol. The smallest absolute Gasteiger partial charge is 0.315 e. The van der Waals surface area contributed by atoms with Gasteiger partial charge in [0, 0.05) is 42.0 Å². The molecule has 4 rings (SSSR count). The third kappa shape index (κ3) is 14.4. The fourth-order valence-electron chi connectivity index (χ4n) is 7.38. The zero-order chi connectivity index (χ0) is 38.7. The van der Waals surface area contributed by atoms with E-state index < -0.39 is 0 Å². The van der Waals surface area contributed by atoms with Crippen molar-refractivity contribution in [2.75, 3.05) is 65.1 Å². The fraction of sp³-hybridized carbons (Fsp3) is 0.683. The van der Waals surface area contributed by atoms with Gasteiger partial charge in [-0.05, 0) is 76.0 Å². The van der Waals surface area contributed by atoms with E-state index in [1.807, 2.05) is 30.8 Å². The standard InChI is InChI=1S/C41H64N4O8S/c1-5-6-7-10-30-24-34(46)39(32-23-29(4)13-14-31(32)28(2)3)35(25-30)53-26-38(48)43-16-18-51-20-22-52-21-19-50-17-15-42-37(47)12-9-8-11-36-40-33(27-54-36)44-41(49)45-40/h23-25,31-33,36,40,46H,2,5-22,26-27H2,1,3-4H3,(H,42,47)(H,43,48)(H2,44,45,49)/t31-,32+,33?,36?,40?/m0/s1. The van der Waals surface area contributed by atoms with Gasteiger partial charge in [-0.2, -0.15) is 11.8 Å². The van der Waals surface area contributed by atoms with Crippen LogP contribution in [-0.2, 0) is 30.2 Å². The molecule has 5 N–H and O–H groups in total. The van der Waals surface area contributed by atoms with Crippen molar-refractivity contribution in [2.24, 2.45) is 5.92 Å². The van der Waals surface area contributed by atoms with E-state index in [2.05, 4.69) is 47.8 Å². The number of phenols is 1. The molecule has 2 saturated heterocycles. The number of ether oxygens (including phenoxy) is 4. The number of hydrogen-bond acceptors (Lipinski definition) is 9. The summed E-state index contributed by atoms with van der Waals surface area (Å²) in [6.45, 7) is 13.6. The number of urea groups is 1. The van der Waals surface area contributed by atoms with Gasteiger partial charge in [0.25, 0.3) is 5.91 Å². The lowest BCUT2D eigenvalue weighted by Gasteiger charge is -2.32. The number of aryl methyl sites for hydroxylation is 1. The first-order valence-electron chi connectivity index (χ1n) is 19.9. The van der Waals surface area contributed by atoms with Crippen LogP contribution in [-0.4, -0.2) is 105 Å². The Morgan fingerprint density at radius 3 is 2.37 bits per heavy atom. The number of nitrogens with one attached hydrogen (secondary N) is 4. The lowest BCUT2D eigenvalue weighted by molar-refractivity contribution is -0.123. The minimum atomic E-state index is -0.257. The number of rotatable bonds is 26. The number of allylic oxidation sites excluding steroid dienone is 3. The molecule has 3 unspecified atom stereocenters. The fourth-order valence-corrected chi connectivity index (χ4v) is 8.92. The van der Waals surface area contributed by atoms with Crippen LogP contribution in [0.25, 0.3) is 0 Å². The van der Waals surface area contributed by atoms with Crippen LogP contribution in [0.4, 0.5) is 4.79 Å². The molecule has 3 aliphatic rings. The van der Waals surface area contributed by atoms with Crippen LogP contribution in [0, 0.1) is 5.92 Å². The van der Waals surface area contributed by atoms with E-state index in [4.69, 9.17) is 18.9 Å². The second kappa shape index (κ2) is 23.6. The minimum Gasteiger partial charge on any atom is -0.507 e. The Labute approximate surface area is 326 Å². The van der Waals surface area contributed by atoms with E-state index in [9.17, 15) is 19.5 Å². The molecule has 13 heteroatoms. The predicted molar refractivity (Wildman–Crippen MR) is 213 cm³/mol. The summed E-state index contributed by atoms with van der Waals surface area (Å²) in [6, 6.07) is 4.23. The zero-order valence-corrected chi connectivity index (χ0v) is 33.5. The van der Waals surface area contributed by atoms with Crippen molar-refractivity contribution in [1.82, 2.24) is 21.3 Å². The summed E-state index contributed by atoms with van der Waals surface area (Å²) >= 11 is 1.90. The normalized spacial score (nSPS) is 21.9. The summed E-state index contributed by atoms with van der Waals surface area (Å²) in [6.07, 6.45) is 11.5. The molecule has 1 aliphatic carbocycles. The van der Waals surface area contributed by atoms with Gasteiger partial charge < -0.3 is 45.3 Å². The van der Waals surface area contributed by atoms with Gasteiger partial charge in [0.2, 0.25) is 5.91 Å². The molecule has 2 aliphatic heterocycles. The molecule has 1 aromatic rings. The number of amides is 4. The van der Waals surface area contributed by atoms with Gasteiger partial charge in [-0.15, -0.1) is 0 Å². The number of thioether (sulfide) groups is 1. The number of benzene rings is 1. The Kier molecular flexibility index (Phi) is 19.0. The maximum absolute atomic E-state index is 12.7. The van der Waals surface area contributed by atoms with Crippen LogP contribution in [0.2, 0.25) is 0 Å². The number of aromatic hydroxyl groups is 1. The minimum absolute atomic E-state index is 0.0280. The molecule has 0 aromatic heterocycles. The van der Waals surface area contributed by atoms with Gasteiger partial charge in [-0.1, -0.05) is 50.0 Å². The Morgan fingerprint density at radius 2 is 1.67 bits per heavy atom. The number of fused-ring (bicyclic) bond motifs is 1. The summed E-state index contributed by atoms with van der Waals surface area (Å²) in [5, 5.41) is 23.4. The molecule has 1 aromatic carbocycles. The van der Waals surface area contributed by atoms with Crippen molar-refractivity contribution in [3.05, 3.63) is 47.1 Å². The summed E-state index contributed by atoms with van der Waals surface area (Å²) in [7, 11) is 0. The first-order chi connectivity index (χ1) is 26.2. The molecule has 2 fully saturated rings. The first kappa shape index (κ1) is 43.5. The second-order valence-electron chi connectivity index (χ2n) is 14.7. The lowest BCUT2D eigenvalue weighted by atomic mass is 9.73. The van der Waals surface area contributed by atoms with Gasteiger partial charge in [-0.25, -0.2) is 4.79 Å². The highest BCUT2D eigenvalue weighted by Gasteiger charge is 2.42. The average Bonchev–Trinajstić information content (AvgIpc) is 3.69. The maximum Gasteiger partial charge on any atom is 0.315 e. The molecule has 0 spiro atoms. The topological polar surface area (TPSA) is 156 Å². The van der Waals surface area contributed by atoms with E-state index in [0.29, 0.717) is 70.2 Å². The van der Waals surface area contributed by atoms with Crippen LogP contribution in [0.15, 0.2) is 35.9 Å². The highest BCUT2D eigenvalue weighted by molar-refractivity contribution is 8.00. The van der Waals surface area contributed by atoms with E-state index in [1.54, 1.807) is 0 Å².